The van der Waals surface area contributed by atoms with Crippen LogP contribution in [0.2, 0.25) is 0 Å². The Kier molecular flexibility index (Phi) is 5.05. The zero-order chi connectivity index (χ0) is 20.5. The summed E-state index contributed by atoms with van der Waals surface area (Å²) in [5, 5.41) is 1.01. The van der Waals surface area contributed by atoms with E-state index in [9.17, 15) is 4.79 Å². The first-order chi connectivity index (χ1) is 14.7. The number of H-pyrrole nitrogens is 1. The molecule has 0 amide bonds. The monoisotopic (exact) mass is 402 g/mol. The van der Waals surface area contributed by atoms with E-state index in [1.54, 1.807) is 18.7 Å². The van der Waals surface area contributed by atoms with Gasteiger partial charge in [-0.05, 0) is 65.6 Å². The van der Waals surface area contributed by atoms with E-state index in [0.717, 1.165) is 61.3 Å². The summed E-state index contributed by atoms with van der Waals surface area (Å²) < 4.78 is 11.5. The minimum absolute atomic E-state index is 0.0925. The molecule has 5 heteroatoms. The average Bonchev–Trinajstić information content (AvgIpc) is 3.14. The maximum Gasteiger partial charge on any atom is 0.248 e. The van der Waals surface area contributed by atoms with Gasteiger partial charge in [0.1, 0.15) is 11.5 Å². The molecule has 154 valence electrons. The zero-order valence-corrected chi connectivity index (χ0v) is 17.2. The molecule has 2 aromatic carbocycles. The van der Waals surface area contributed by atoms with Crippen LogP contribution in [0.5, 0.6) is 11.5 Å². The number of ether oxygens (including phenoxy) is 2. The van der Waals surface area contributed by atoms with E-state index in [4.69, 9.17) is 9.47 Å². The van der Waals surface area contributed by atoms with E-state index in [1.807, 2.05) is 24.3 Å². The highest BCUT2D eigenvalue weighted by molar-refractivity contribution is 5.80. The van der Waals surface area contributed by atoms with Gasteiger partial charge in [-0.1, -0.05) is 12.1 Å². The maximum absolute atomic E-state index is 11.5. The summed E-state index contributed by atoms with van der Waals surface area (Å²) in [6.45, 7) is 3.81. The number of pyridine rings is 1. The Labute approximate surface area is 175 Å². The molecule has 1 aliphatic heterocycles. The lowest BCUT2D eigenvalue weighted by Gasteiger charge is -2.28. The number of fused-ring (bicyclic) bond motifs is 3. The van der Waals surface area contributed by atoms with Crippen LogP contribution in [-0.2, 0) is 6.42 Å². The second-order valence-corrected chi connectivity index (χ2v) is 8.05. The Morgan fingerprint density at radius 1 is 1.13 bits per heavy atom. The first-order valence-corrected chi connectivity index (χ1v) is 10.6. The second-order valence-electron chi connectivity index (χ2n) is 8.05. The van der Waals surface area contributed by atoms with E-state index in [2.05, 4.69) is 28.1 Å². The number of aromatic amines is 1. The predicted molar refractivity (Wildman–Crippen MR) is 119 cm³/mol. The van der Waals surface area contributed by atoms with Crippen molar-refractivity contribution in [3.8, 4) is 11.5 Å². The molecule has 0 unspecified atom stereocenters. The molecule has 5 rings (SSSR count). The van der Waals surface area contributed by atoms with Gasteiger partial charge < -0.3 is 14.5 Å². The van der Waals surface area contributed by atoms with Gasteiger partial charge in [0, 0.05) is 37.3 Å². The van der Waals surface area contributed by atoms with E-state index in [0.29, 0.717) is 6.61 Å². The highest BCUT2D eigenvalue weighted by Crippen LogP contribution is 2.41. The third-order valence-corrected chi connectivity index (χ3v) is 6.17. The lowest BCUT2D eigenvalue weighted by Crippen LogP contribution is -2.32. The standard InChI is InChI=1S/C25H26N2O3/c1-29-24-5-2-4-21-20-10-12-27(16-18(20)14-22(21)24)11-3-13-30-19-8-6-17-7-9-25(28)26-23(17)15-19/h2,4-9,15H,3,10-14,16H2,1H3,(H,26,28). The van der Waals surface area contributed by atoms with Crippen molar-refractivity contribution in [1.29, 1.82) is 0 Å². The molecule has 0 saturated carbocycles. The minimum atomic E-state index is -0.0925. The average molecular weight is 402 g/mol. The van der Waals surface area contributed by atoms with Gasteiger partial charge in [0.15, 0.2) is 0 Å². The molecular formula is C25H26N2O3. The number of nitrogens with one attached hydrogen (secondary N) is 1. The van der Waals surface area contributed by atoms with E-state index >= 15 is 0 Å². The molecule has 3 aromatic rings. The van der Waals surface area contributed by atoms with Gasteiger partial charge in [-0.15, -0.1) is 0 Å². The van der Waals surface area contributed by atoms with Crippen LogP contribution in [0, 0.1) is 0 Å². The number of benzene rings is 2. The van der Waals surface area contributed by atoms with Crippen LogP contribution in [0.1, 0.15) is 24.0 Å². The van der Waals surface area contributed by atoms with Gasteiger partial charge in [-0.2, -0.15) is 0 Å². The van der Waals surface area contributed by atoms with Gasteiger partial charge >= 0.3 is 0 Å². The van der Waals surface area contributed by atoms with Gasteiger partial charge in [-0.25, -0.2) is 0 Å². The predicted octanol–water partition coefficient (Wildman–Crippen LogP) is 4.02. The fraction of sp³-hybridized carbons (Fsp3) is 0.320. The Bertz CT molecular complexity index is 1180. The van der Waals surface area contributed by atoms with Gasteiger partial charge in [0.2, 0.25) is 5.56 Å². The summed E-state index contributed by atoms with van der Waals surface area (Å²) in [4.78, 5) is 16.9. The van der Waals surface area contributed by atoms with E-state index in [-0.39, 0.29) is 5.56 Å². The largest absolute Gasteiger partial charge is 0.496 e. The third kappa shape index (κ3) is 3.61. The molecular weight excluding hydrogens is 376 g/mol. The molecule has 30 heavy (non-hydrogen) atoms. The van der Waals surface area contributed by atoms with Gasteiger partial charge in [0.25, 0.3) is 0 Å². The molecule has 2 aliphatic rings. The fourth-order valence-electron chi connectivity index (χ4n) is 4.70. The summed E-state index contributed by atoms with van der Waals surface area (Å²) in [5.74, 6) is 1.81. The lowest BCUT2D eigenvalue weighted by atomic mass is 9.99. The molecule has 0 saturated heterocycles. The molecule has 0 radical (unpaired) electrons. The number of methoxy groups -OCH3 is 1. The lowest BCUT2D eigenvalue weighted by molar-refractivity contribution is 0.244. The van der Waals surface area contributed by atoms with Crippen molar-refractivity contribution in [2.75, 3.05) is 33.4 Å². The first kappa shape index (κ1) is 18.9. The number of rotatable bonds is 6. The van der Waals surface area contributed by atoms with Crippen molar-refractivity contribution in [2.24, 2.45) is 0 Å². The van der Waals surface area contributed by atoms with Crippen molar-refractivity contribution >= 4 is 16.5 Å². The SMILES string of the molecule is COc1cccc2c1CC1=C2CCN(CCCOc2ccc3ccc(=O)[nH]c3c2)C1. The molecule has 0 spiro atoms. The molecule has 2 heterocycles. The summed E-state index contributed by atoms with van der Waals surface area (Å²) in [6, 6.07) is 15.6. The van der Waals surface area contributed by atoms with Crippen LogP contribution in [0.4, 0.5) is 0 Å². The topological polar surface area (TPSA) is 54.6 Å². The van der Waals surface area contributed by atoms with Crippen LogP contribution in [0.25, 0.3) is 16.5 Å². The summed E-state index contributed by atoms with van der Waals surface area (Å²) in [5.41, 5.74) is 6.53. The Morgan fingerprint density at radius 2 is 2.03 bits per heavy atom. The summed E-state index contributed by atoms with van der Waals surface area (Å²) in [6.07, 6.45) is 3.09. The summed E-state index contributed by atoms with van der Waals surface area (Å²) in [7, 11) is 1.76. The normalized spacial score (nSPS) is 15.9. The minimum Gasteiger partial charge on any atom is -0.496 e. The van der Waals surface area contributed by atoms with Crippen molar-refractivity contribution in [3.05, 3.63) is 75.6 Å². The first-order valence-electron chi connectivity index (χ1n) is 10.6. The second kappa shape index (κ2) is 8.00. The van der Waals surface area contributed by atoms with Crippen LogP contribution in [0.3, 0.4) is 0 Å². The molecule has 1 aliphatic carbocycles. The van der Waals surface area contributed by atoms with Crippen LogP contribution >= 0.6 is 0 Å². The fourth-order valence-corrected chi connectivity index (χ4v) is 4.70. The Hall–Kier alpha value is -3.05. The van der Waals surface area contributed by atoms with Crippen LogP contribution < -0.4 is 15.0 Å². The third-order valence-electron chi connectivity index (χ3n) is 6.17. The van der Waals surface area contributed by atoms with Crippen molar-refractivity contribution in [2.45, 2.75) is 19.3 Å². The molecule has 1 N–H and O–H groups in total. The number of nitrogens with zero attached hydrogens (tertiary/aromatic N) is 1. The van der Waals surface area contributed by atoms with E-state index in [1.165, 1.54) is 16.7 Å². The number of hydrogen-bond donors (Lipinski definition) is 1. The quantitative estimate of drug-likeness (QED) is 0.633. The molecule has 1 aromatic heterocycles. The molecule has 0 fully saturated rings. The van der Waals surface area contributed by atoms with Gasteiger partial charge in [0.05, 0.1) is 19.2 Å². The van der Waals surface area contributed by atoms with E-state index < -0.39 is 0 Å². The maximum atomic E-state index is 11.5. The Morgan fingerprint density at radius 3 is 2.93 bits per heavy atom. The van der Waals surface area contributed by atoms with Crippen molar-refractivity contribution < 1.29 is 9.47 Å². The van der Waals surface area contributed by atoms with Crippen molar-refractivity contribution in [3.63, 3.8) is 0 Å². The van der Waals surface area contributed by atoms with Crippen LogP contribution in [-0.4, -0.2) is 43.2 Å². The molecule has 0 atom stereocenters. The highest BCUT2D eigenvalue weighted by atomic mass is 16.5. The summed E-state index contributed by atoms with van der Waals surface area (Å²) >= 11 is 0. The molecule has 0 bridgehead atoms. The molecule has 5 nitrogen and oxygen atoms in total. The number of aromatic nitrogens is 1. The highest BCUT2D eigenvalue weighted by Gasteiger charge is 2.28. The smallest absolute Gasteiger partial charge is 0.248 e. The number of hydrogen-bond acceptors (Lipinski definition) is 4. The van der Waals surface area contributed by atoms with Crippen molar-refractivity contribution in [1.82, 2.24) is 9.88 Å². The van der Waals surface area contributed by atoms with Crippen LogP contribution in [0.15, 0.2) is 58.9 Å². The Balaban J connectivity index is 1.15. The zero-order valence-electron chi connectivity index (χ0n) is 17.2. The van der Waals surface area contributed by atoms with Gasteiger partial charge in [-0.3, -0.25) is 9.69 Å².